The lowest BCUT2D eigenvalue weighted by Crippen LogP contribution is -2.41. The van der Waals surface area contributed by atoms with Crippen LogP contribution in [0.1, 0.15) is 48.9 Å². The fourth-order valence-electron chi connectivity index (χ4n) is 4.16. The molecular weight excluding hydrogens is 422 g/mol. The maximum absolute atomic E-state index is 13.3. The van der Waals surface area contributed by atoms with Gasteiger partial charge in [-0.1, -0.05) is 61.4 Å². The van der Waals surface area contributed by atoms with Crippen LogP contribution in [0.15, 0.2) is 47.2 Å². The van der Waals surface area contributed by atoms with Crippen LogP contribution in [0.4, 0.5) is 0 Å². The van der Waals surface area contributed by atoms with Gasteiger partial charge in [0.1, 0.15) is 5.70 Å². The van der Waals surface area contributed by atoms with Crippen molar-refractivity contribution in [2.24, 2.45) is 12.0 Å². The molecule has 32 heavy (non-hydrogen) atoms. The van der Waals surface area contributed by atoms with E-state index >= 15 is 0 Å². The number of benzene rings is 1. The first-order valence-electron chi connectivity index (χ1n) is 11.1. The molecule has 168 valence electrons. The minimum Gasteiger partial charge on any atom is -0.351 e. The number of carbonyl (C=O) groups is 2. The van der Waals surface area contributed by atoms with Gasteiger partial charge in [0.2, 0.25) is 5.91 Å². The van der Waals surface area contributed by atoms with Crippen LogP contribution >= 0.6 is 11.8 Å². The fraction of sp³-hybridized carbons (Fsp3) is 0.417. The molecule has 2 aromatic rings. The van der Waals surface area contributed by atoms with E-state index in [0.717, 1.165) is 42.5 Å². The lowest BCUT2D eigenvalue weighted by Gasteiger charge is -2.31. The Bertz CT molecular complexity index is 1040. The molecule has 2 heterocycles. The molecule has 0 saturated heterocycles. The van der Waals surface area contributed by atoms with Gasteiger partial charge in [-0.2, -0.15) is 5.10 Å². The molecule has 0 unspecified atom stereocenters. The summed E-state index contributed by atoms with van der Waals surface area (Å²) in [5.41, 5.74) is 3.21. The van der Waals surface area contributed by atoms with Crippen LogP contribution in [-0.4, -0.2) is 43.5 Å². The minimum atomic E-state index is -0.0765. The van der Waals surface area contributed by atoms with Crippen molar-refractivity contribution in [1.82, 2.24) is 20.0 Å². The van der Waals surface area contributed by atoms with Crippen LogP contribution in [0.3, 0.4) is 0 Å². The van der Waals surface area contributed by atoms with Gasteiger partial charge in [-0.15, -0.1) is 0 Å². The van der Waals surface area contributed by atoms with Gasteiger partial charge < -0.3 is 5.32 Å². The molecule has 2 amide bonds. The highest BCUT2D eigenvalue weighted by Gasteiger charge is 2.36. The Hall–Kier alpha value is -2.87. The summed E-state index contributed by atoms with van der Waals surface area (Å²) in [5, 5.41) is 7.93. The summed E-state index contributed by atoms with van der Waals surface area (Å²) in [5.74, 6) is 0.0759. The third-order valence-electron chi connectivity index (χ3n) is 5.81. The molecule has 1 fully saturated rings. The summed E-state index contributed by atoms with van der Waals surface area (Å²) >= 11 is 1.34. The third kappa shape index (κ3) is 5.30. The molecule has 1 aliphatic heterocycles. The zero-order valence-electron chi connectivity index (χ0n) is 18.6. The molecule has 1 N–H and O–H groups in total. The number of rotatable bonds is 6. The first-order chi connectivity index (χ1) is 15.5. The van der Waals surface area contributed by atoms with Gasteiger partial charge in [-0.3, -0.25) is 19.2 Å². The predicted molar refractivity (Wildman–Crippen MR) is 128 cm³/mol. The van der Waals surface area contributed by atoms with E-state index in [0.29, 0.717) is 17.4 Å². The number of carbonyl (C=O) groups excluding carboxylic acids is 2. The van der Waals surface area contributed by atoms with Crippen LogP contribution < -0.4 is 5.32 Å². The van der Waals surface area contributed by atoms with E-state index in [9.17, 15) is 9.59 Å². The molecule has 1 aliphatic carbocycles. The lowest BCUT2D eigenvalue weighted by atomic mass is 9.94. The van der Waals surface area contributed by atoms with Crippen LogP contribution in [0.2, 0.25) is 0 Å². The number of aromatic nitrogens is 2. The Morgan fingerprint density at radius 3 is 2.66 bits per heavy atom. The van der Waals surface area contributed by atoms with Crippen molar-refractivity contribution in [3.63, 3.8) is 0 Å². The van der Waals surface area contributed by atoms with Crippen molar-refractivity contribution in [3.8, 4) is 0 Å². The summed E-state index contributed by atoms with van der Waals surface area (Å²) < 4.78 is 1.73. The lowest BCUT2D eigenvalue weighted by molar-refractivity contribution is -0.124. The second-order valence-electron chi connectivity index (χ2n) is 8.29. The average Bonchev–Trinajstić information content (AvgIpc) is 3.29. The Morgan fingerprint density at radius 1 is 1.22 bits per heavy atom. The first-order valence-corrected chi connectivity index (χ1v) is 12.1. The molecule has 0 atom stereocenters. The average molecular weight is 452 g/mol. The number of nitrogens with zero attached hydrogens (tertiary/aromatic N) is 4. The van der Waals surface area contributed by atoms with E-state index in [-0.39, 0.29) is 23.6 Å². The van der Waals surface area contributed by atoms with Crippen molar-refractivity contribution >= 4 is 34.8 Å². The van der Waals surface area contributed by atoms with Crippen LogP contribution in [0.5, 0.6) is 0 Å². The normalized spacial score (nSPS) is 18.3. The largest absolute Gasteiger partial charge is 0.351 e. The molecule has 1 saturated carbocycles. The van der Waals surface area contributed by atoms with Gasteiger partial charge in [0.25, 0.3) is 5.91 Å². The van der Waals surface area contributed by atoms with Crippen molar-refractivity contribution in [3.05, 3.63) is 59.0 Å². The topological polar surface area (TPSA) is 79.6 Å². The molecule has 0 bridgehead atoms. The molecule has 0 spiro atoms. The molecule has 4 rings (SSSR count). The Kier molecular flexibility index (Phi) is 7.09. The van der Waals surface area contributed by atoms with Gasteiger partial charge in [0.15, 0.2) is 5.17 Å². The summed E-state index contributed by atoms with van der Waals surface area (Å²) in [4.78, 5) is 32.2. The SMILES string of the molecule is Cc1nn(C)cc1/C=C1/N=C(SCC(=O)NCc2ccccc2)N(C2CCCCC2)C1=O. The van der Waals surface area contributed by atoms with Gasteiger partial charge in [0.05, 0.1) is 11.4 Å². The van der Waals surface area contributed by atoms with Gasteiger partial charge in [-0.05, 0) is 31.4 Å². The minimum absolute atomic E-state index is 0.0712. The number of aryl methyl sites for hydroxylation is 2. The van der Waals surface area contributed by atoms with Crippen molar-refractivity contribution in [2.45, 2.75) is 51.6 Å². The quantitative estimate of drug-likeness (QED) is 0.680. The standard InChI is InChI=1S/C24H29N5O2S/c1-17-19(15-28(2)27-17)13-21-23(31)29(20-11-7-4-8-12-20)24(26-21)32-16-22(30)25-14-18-9-5-3-6-10-18/h3,5-6,9-10,13,15,20H,4,7-8,11-12,14,16H2,1-2H3,(H,25,30)/b21-13+. The van der Waals surface area contributed by atoms with Crippen LogP contribution in [-0.2, 0) is 23.2 Å². The van der Waals surface area contributed by atoms with Crippen molar-refractivity contribution < 1.29 is 9.59 Å². The summed E-state index contributed by atoms with van der Waals surface area (Å²) in [6.07, 6.45) is 9.09. The number of aliphatic imine (C=N–C) groups is 1. The fourth-order valence-corrected chi connectivity index (χ4v) is 5.05. The Labute approximate surface area is 193 Å². The van der Waals surface area contributed by atoms with Gasteiger partial charge in [-0.25, -0.2) is 4.99 Å². The third-order valence-corrected chi connectivity index (χ3v) is 6.76. The second-order valence-corrected chi connectivity index (χ2v) is 9.23. The van der Waals surface area contributed by atoms with Gasteiger partial charge in [0, 0.05) is 31.4 Å². The smallest absolute Gasteiger partial charge is 0.278 e. The molecule has 0 radical (unpaired) electrons. The highest BCUT2D eigenvalue weighted by Crippen LogP contribution is 2.32. The van der Waals surface area contributed by atoms with E-state index in [1.54, 1.807) is 4.68 Å². The number of hydrogen-bond acceptors (Lipinski definition) is 5. The monoisotopic (exact) mass is 451 g/mol. The number of amidine groups is 1. The molecule has 8 heteroatoms. The molecule has 2 aliphatic rings. The molecule has 1 aromatic heterocycles. The van der Waals surface area contributed by atoms with Crippen LogP contribution in [0, 0.1) is 6.92 Å². The number of thioether (sulfide) groups is 1. The number of amides is 2. The van der Waals surface area contributed by atoms with Crippen molar-refractivity contribution in [2.75, 3.05) is 5.75 Å². The first kappa shape index (κ1) is 22.3. The second kappa shape index (κ2) is 10.2. The molecular formula is C24H29N5O2S. The van der Waals surface area contributed by atoms with E-state index in [1.165, 1.54) is 18.2 Å². The van der Waals surface area contributed by atoms with Gasteiger partial charge >= 0.3 is 0 Å². The zero-order valence-corrected chi connectivity index (χ0v) is 19.4. The number of hydrogen-bond donors (Lipinski definition) is 1. The maximum Gasteiger partial charge on any atom is 0.278 e. The number of nitrogens with one attached hydrogen (secondary N) is 1. The molecule has 1 aromatic carbocycles. The maximum atomic E-state index is 13.3. The highest BCUT2D eigenvalue weighted by atomic mass is 32.2. The van der Waals surface area contributed by atoms with Crippen LogP contribution in [0.25, 0.3) is 6.08 Å². The van der Waals surface area contributed by atoms with E-state index in [2.05, 4.69) is 15.4 Å². The van der Waals surface area contributed by atoms with E-state index in [1.807, 2.05) is 61.5 Å². The van der Waals surface area contributed by atoms with E-state index < -0.39 is 0 Å². The zero-order chi connectivity index (χ0) is 22.5. The summed E-state index contributed by atoms with van der Waals surface area (Å²) in [6, 6.07) is 9.97. The molecule has 7 nitrogen and oxygen atoms in total. The Morgan fingerprint density at radius 2 is 1.97 bits per heavy atom. The van der Waals surface area contributed by atoms with Crippen molar-refractivity contribution in [1.29, 1.82) is 0 Å². The predicted octanol–water partition coefficient (Wildman–Crippen LogP) is 3.65. The Balaban J connectivity index is 1.47. The highest BCUT2D eigenvalue weighted by molar-refractivity contribution is 8.14. The van der Waals surface area contributed by atoms with E-state index in [4.69, 9.17) is 0 Å². The summed E-state index contributed by atoms with van der Waals surface area (Å²) in [7, 11) is 1.86. The summed E-state index contributed by atoms with van der Waals surface area (Å²) in [6.45, 7) is 2.41.